The van der Waals surface area contributed by atoms with Gasteiger partial charge >= 0.3 is 0 Å². The van der Waals surface area contributed by atoms with Crippen LogP contribution in [-0.4, -0.2) is 28.5 Å². The lowest BCUT2D eigenvalue weighted by Gasteiger charge is -2.07. The van der Waals surface area contributed by atoms with E-state index in [4.69, 9.17) is 11.6 Å². The summed E-state index contributed by atoms with van der Waals surface area (Å²) < 4.78 is 0. The van der Waals surface area contributed by atoms with Crippen molar-refractivity contribution in [1.82, 2.24) is 5.32 Å². The fraction of sp³-hybridized carbons (Fsp3) is 0.300. The summed E-state index contributed by atoms with van der Waals surface area (Å²) in [6.07, 6.45) is 0.641. The predicted molar refractivity (Wildman–Crippen MR) is 57.4 cm³/mol. The number of hydrogen-bond donors (Lipinski definition) is 3. The zero-order valence-electron chi connectivity index (χ0n) is 8.03. The van der Waals surface area contributed by atoms with Gasteiger partial charge in [-0.25, -0.2) is 0 Å². The molecule has 1 aromatic rings. The Morgan fingerprint density at radius 1 is 1.33 bits per heavy atom. The summed E-state index contributed by atoms with van der Waals surface area (Å²) >= 11 is 5.44. The summed E-state index contributed by atoms with van der Waals surface area (Å²) in [5.74, 6) is -0.528. The van der Waals surface area contributed by atoms with Crippen LogP contribution in [0.3, 0.4) is 0 Å². The molecule has 5 heteroatoms. The van der Waals surface area contributed by atoms with Crippen LogP contribution < -0.4 is 5.32 Å². The normalized spacial score (nSPS) is 9.93. The summed E-state index contributed by atoms with van der Waals surface area (Å²) in [6, 6.07) is 4.15. The number of phenolic OH excluding ortho intramolecular Hbond substituents is 2. The molecule has 0 aliphatic rings. The third-order valence-corrected chi connectivity index (χ3v) is 2.11. The van der Waals surface area contributed by atoms with Crippen molar-refractivity contribution in [3.63, 3.8) is 0 Å². The summed E-state index contributed by atoms with van der Waals surface area (Å²) in [5, 5.41) is 21.3. The molecular weight excluding hydrogens is 218 g/mol. The Balaban J connectivity index is 2.73. The number of aromatic hydroxyl groups is 2. The summed E-state index contributed by atoms with van der Waals surface area (Å²) in [4.78, 5) is 11.5. The van der Waals surface area contributed by atoms with E-state index in [-0.39, 0.29) is 17.1 Å². The lowest BCUT2D eigenvalue weighted by Crippen LogP contribution is -2.24. The highest BCUT2D eigenvalue weighted by molar-refractivity contribution is 6.17. The third-order valence-electron chi connectivity index (χ3n) is 1.84. The number of carbonyl (C=O) groups is 1. The maximum Gasteiger partial charge on any atom is 0.258 e. The van der Waals surface area contributed by atoms with Gasteiger partial charge < -0.3 is 15.5 Å². The molecule has 0 bridgehead atoms. The molecule has 0 aliphatic carbocycles. The van der Waals surface area contributed by atoms with Crippen LogP contribution in [-0.2, 0) is 0 Å². The number of alkyl halides is 1. The van der Waals surface area contributed by atoms with Crippen molar-refractivity contribution in [1.29, 1.82) is 0 Å². The Morgan fingerprint density at radius 2 is 1.93 bits per heavy atom. The Morgan fingerprint density at radius 3 is 2.47 bits per heavy atom. The third kappa shape index (κ3) is 3.02. The van der Waals surface area contributed by atoms with Crippen molar-refractivity contribution < 1.29 is 15.0 Å². The minimum Gasteiger partial charge on any atom is -0.507 e. The molecule has 4 nitrogen and oxygen atoms in total. The summed E-state index contributed by atoms with van der Waals surface area (Å²) in [7, 11) is 0. The molecule has 0 atom stereocenters. The van der Waals surface area contributed by atoms with E-state index < -0.39 is 5.91 Å². The van der Waals surface area contributed by atoms with Crippen LogP contribution in [0.15, 0.2) is 18.2 Å². The lowest BCUT2D eigenvalue weighted by atomic mass is 10.1. The van der Waals surface area contributed by atoms with Gasteiger partial charge in [0, 0.05) is 12.4 Å². The van der Waals surface area contributed by atoms with Gasteiger partial charge in [0.1, 0.15) is 17.1 Å². The minimum atomic E-state index is -0.504. The van der Waals surface area contributed by atoms with E-state index in [0.29, 0.717) is 18.8 Å². The van der Waals surface area contributed by atoms with Crippen molar-refractivity contribution in [3.8, 4) is 11.5 Å². The first-order valence-corrected chi connectivity index (χ1v) is 5.05. The van der Waals surface area contributed by atoms with E-state index >= 15 is 0 Å². The van der Waals surface area contributed by atoms with Crippen LogP contribution in [0, 0.1) is 0 Å². The summed E-state index contributed by atoms with van der Waals surface area (Å²) in [5.41, 5.74) is -0.105. The van der Waals surface area contributed by atoms with Crippen molar-refractivity contribution in [2.75, 3.05) is 12.4 Å². The second-order valence-corrected chi connectivity index (χ2v) is 3.35. The number of benzene rings is 1. The molecule has 0 radical (unpaired) electrons. The van der Waals surface area contributed by atoms with Crippen LogP contribution in [0.4, 0.5) is 0 Å². The van der Waals surface area contributed by atoms with Gasteiger partial charge in [0.2, 0.25) is 0 Å². The Labute approximate surface area is 92.5 Å². The van der Waals surface area contributed by atoms with E-state index in [0.717, 1.165) is 0 Å². The first-order chi connectivity index (χ1) is 7.16. The first-order valence-electron chi connectivity index (χ1n) is 4.52. The average molecular weight is 230 g/mol. The van der Waals surface area contributed by atoms with Crippen molar-refractivity contribution >= 4 is 17.5 Å². The molecule has 0 aromatic heterocycles. The van der Waals surface area contributed by atoms with Gasteiger partial charge in [0.15, 0.2) is 0 Å². The van der Waals surface area contributed by atoms with Gasteiger partial charge in [-0.15, -0.1) is 11.6 Å². The van der Waals surface area contributed by atoms with Crippen LogP contribution in [0.25, 0.3) is 0 Å². The first kappa shape index (κ1) is 11.7. The standard InChI is InChI=1S/C10H12ClNO3/c11-5-2-6-12-10(15)9-7(13)3-1-4-8(9)14/h1,3-4,13-14H,2,5-6H2,(H,12,15). The second-order valence-electron chi connectivity index (χ2n) is 2.97. The highest BCUT2D eigenvalue weighted by Gasteiger charge is 2.14. The lowest BCUT2D eigenvalue weighted by molar-refractivity contribution is 0.0948. The molecular formula is C10H12ClNO3. The molecule has 0 heterocycles. The van der Waals surface area contributed by atoms with Gasteiger partial charge in [-0.3, -0.25) is 4.79 Å². The van der Waals surface area contributed by atoms with Gasteiger partial charge in [0.25, 0.3) is 5.91 Å². The van der Waals surface area contributed by atoms with Gasteiger partial charge in [-0.1, -0.05) is 6.07 Å². The number of nitrogens with one attached hydrogen (secondary N) is 1. The van der Waals surface area contributed by atoms with Gasteiger partial charge in [-0.05, 0) is 18.6 Å². The molecule has 1 amide bonds. The number of halogens is 1. The highest BCUT2D eigenvalue weighted by atomic mass is 35.5. The summed E-state index contributed by atoms with van der Waals surface area (Å²) in [6.45, 7) is 0.413. The molecule has 0 aliphatic heterocycles. The van der Waals surface area contributed by atoms with Gasteiger partial charge in [-0.2, -0.15) is 0 Å². The SMILES string of the molecule is O=C(NCCCCl)c1c(O)cccc1O. The topological polar surface area (TPSA) is 69.6 Å². The number of amides is 1. The molecule has 0 fully saturated rings. The van der Waals surface area contributed by atoms with Crippen LogP contribution in [0.2, 0.25) is 0 Å². The molecule has 0 saturated carbocycles. The molecule has 1 aromatic carbocycles. The monoisotopic (exact) mass is 229 g/mol. The quantitative estimate of drug-likeness (QED) is 0.541. The molecule has 15 heavy (non-hydrogen) atoms. The number of rotatable bonds is 4. The highest BCUT2D eigenvalue weighted by Crippen LogP contribution is 2.25. The van der Waals surface area contributed by atoms with Crippen molar-refractivity contribution in [2.24, 2.45) is 0 Å². The van der Waals surface area contributed by atoms with E-state index in [1.165, 1.54) is 18.2 Å². The number of phenols is 2. The van der Waals surface area contributed by atoms with Crippen LogP contribution in [0.5, 0.6) is 11.5 Å². The molecule has 0 unspecified atom stereocenters. The molecule has 3 N–H and O–H groups in total. The van der Waals surface area contributed by atoms with Crippen LogP contribution in [0.1, 0.15) is 16.8 Å². The Hall–Kier alpha value is -1.42. The molecule has 0 saturated heterocycles. The second kappa shape index (κ2) is 5.46. The van der Waals surface area contributed by atoms with E-state index in [1.807, 2.05) is 0 Å². The molecule has 0 spiro atoms. The minimum absolute atomic E-state index is 0.105. The molecule has 82 valence electrons. The smallest absolute Gasteiger partial charge is 0.258 e. The van der Waals surface area contributed by atoms with Gasteiger partial charge in [0.05, 0.1) is 0 Å². The maximum absolute atomic E-state index is 11.5. The van der Waals surface area contributed by atoms with E-state index in [2.05, 4.69) is 5.32 Å². The largest absolute Gasteiger partial charge is 0.507 e. The zero-order valence-corrected chi connectivity index (χ0v) is 8.79. The Bertz CT molecular complexity index is 334. The van der Waals surface area contributed by atoms with E-state index in [1.54, 1.807) is 0 Å². The zero-order chi connectivity index (χ0) is 11.3. The number of carbonyl (C=O) groups excluding carboxylic acids is 1. The van der Waals surface area contributed by atoms with Crippen molar-refractivity contribution in [3.05, 3.63) is 23.8 Å². The fourth-order valence-electron chi connectivity index (χ4n) is 1.12. The van der Waals surface area contributed by atoms with Crippen molar-refractivity contribution in [2.45, 2.75) is 6.42 Å². The fourth-order valence-corrected chi connectivity index (χ4v) is 1.25. The van der Waals surface area contributed by atoms with E-state index in [9.17, 15) is 15.0 Å². The Kier molecular flexibility index (Phi) is 4.24. The predicted octanol–water partition coefficient (Wildman–Crippen LogP) is 1.46. The molecule has 1 rings (SSSR count). The average Bonchev–Trinajstić information content (AvgIpc) is 2.18. The van der Waals surface area contributed by atoms with Crippen LogP contribution >= 0.6 is 11.6 Å². The maximum atomic E-state index is 11.5. The number of hydrogen-bond acceptors (Lipinski definition) is 3.